The van der Waals surface area contributed by atoms with Gasteiger partial charge in [-0.2, -0.15) is 0 Å². The SMILES string of the molecule is CCN1C(=O)C(C)(C)C(=O)N(C)c2cc(CN3CCCC3Cc3ccccc3)ccc21. The van der Waals surface area contributed by atoms with E-state index >= 15 is 0 Å². The number of benzene rings is 2. The molecular weight excluding hydrogens is 386 g/mol. The number of nitrogens with zero attached hydrogens (tertiary/aromatic N) is 3. The lowest BCUT2D eigenvalue weighted by molar-refractivity contribution is -0.137. The highest BCUT2D eigenvalue weighted by Crippen LogP contribution is 2.39. The van der Waals surface area contributed by atoms with Gasteiger partial charge in [-0.25, -0.2) is 0 Å². The second-order valence-electron chi connectivity index (χ2n) is 9.32. The van der Waals surface area contributed by atoms with Gasteiger partial charge in [0.25, 0.3) is 0 Å². The molecule has 5 heteroatoms. The smallest absolute Gasteiger partial charge is 0.242 e. The third kappa shape index (κ3) is 3.99. The van der Waals surface area contributed by atoms with E-state index in [1.165, 1.54) is 24.0 Å². The van der Waals surface area contributed by atoms with Gasteiger partial charge in [0.15, 0.2) is 0 Å². The number of likely N-dealkylation sites (tertiary alicyclic amines) is 1. The van der Waals surface area contributed by atoms with Crippen LogP contribution in [0.2, 0.25) is 0 Å². The van der Waals surface area contributed by atoms with Crippen molar-refractivity contribution < 1.29 is 9.59 Å². The van der Waals surface area contributed by atoms with E-state index in [1.54, 1.807) is 30.7 Å². The molecule has 0 aromatic heterocycles. The fourth-order valence-corrected chi connectivity index (χ4v) is 5.00. The Balaban J connectivity index is 1.60. The van der Waals surface area contributed by atoms with Crippen LogP contribution in [-0.2, 0) is 22.6 Å². The van der Waals surface area contributed by atoms with Crippen LogP contribution in [0.3, 0.4) is 0 Å². The number of amides is 2. The Morgan fingerprint density at radius 3 is 2.42 bits per heavy atom. The van der Waals surface area contributed by atoms with Crippen molar-refractivity contribution in [2.75, 3.05) is 29.9 Å². The monoisotopic (exact) mass is 419 g/mol. The van der Waals surface area contributed by atoms with Crippen LogP contribution < -0.4 is 9.80 Å². The third-order valence-electron chi connectivity index (χ3n) is 6.83. The summed E-state index contributed by atoms with van der Waals surface area (Å²) in [7, 11) is 1.78. The molecule has 4 rings (SSSR count). The maximum Gasteiger partial charge on any atom is 0.242 e. The van der Waals surface area contributed by atoms with Crippen LogP contribution in [-0.4, -0.2) is 42.9 Å². The summed E-state index contributed by atoms with van der Waals surface area (Å²) in [6.45, 7) is 7.90. The van der Waals surface area contributed by atoms with Gasteiger partial charge >= 0.3 is 0 Å². The molecule has 1 unspecified atom stereocenters. The highest BCUT2D eigenvalue weighted by Gasteiger charge is 2.45. The minimum atomic E-state index is -1.07. The summed E-state index contributed by atoms with van der Waals surface area (Å²) < 4.78 is 0. The molecule has 31 heavy (non-hydrogen) atoms. The lowest BCUT2D eigenvalue weighted by atomic mass is 9.90. The number of fused-ring (bicyclic) bond motifs is 1. The van der Waals surface area contributed by atoms with E-state index in [0.29, 0.717) is 12.6 Å². The van der Waals surface area contributed by atoms with Crippen LogP contribution in [0.15, 0.2) is 48.5 Å². The van der Waals surface area contributed by atoms with Crippen molar-refractivity contribution in [2.45, 2.75) is 52.6 Å². The van der Waals surface area contributed by atoms with Gasteiger partial charge < -0.3 is 9.80 Å². The number of carbonyl (C=O) groups is 2. The molecule has 0 bridgehead atoms. The molecule has 0 saturated carbocycles. The summed E-state index contributed by atoms with van der Waals surface area (Å²) >= 11 is 0. The summed E-state index contributed by atoms with van der Waals surface area (Å²) in [6, 6.07) is 17.5. The van der Waals surface area contributed by atoms with E-state index in [0.717, 1.165) is 30.9 Å². The number of rotatable bonds is 5. The molecule has 2 aromatic carbocycles. The van der Waals surface area contributed by atoms with Gasteiger partial charge in [-0.15, -0.1) is 0 Å². The Bertz CT molecular complexity index is 970. The van der Waals surface area contributed by atoms with Gasteiger partial charge in [-0.1, -0.05) is 36.4 Å². The molecule has 2 heterocycles. The van der Waals surface area contributed by atoms with Gasteiger partial charge in [0.05, 0.1) is 11.4 Å². The van der Waals surface area contributed by atoms with Crippen molar-refractivity contribution in [1.29, 1.82) is 0 Å². The lowest BCUT2D eigenvalue weighted by Crippen LogP contribution is -2.47. The average molecular weight is 420 g/mol. The van der Waals surface area contributed by atoms with Crippen molar-refractivity contribution >= 4 is 23.2 Å². The fourth-order valence-electron chi connectivity index (χ4n) is 5.00. The summed E-state index contributed by atoms with van der Waals surface area (Å²) in [5.74, 6) is -0.296. The first-order chi connectivity index (χ1) is 14.8. The average Bonchev–Trinajstić information content (AvgIpc) is 3.18. The zero-order chi connectivity index (χ0) is 22.2. The third-order valence-corrected chi connectivity index (χ3v) is 6.83. The molecule has 164 valence electrons. The first kappa shape index (κ1) is 21.6. The van der Waals surface area contributed by atoms with Gasteiger partial charge in [0.1, 0.15) is 5.41 Å². The second-order valence-corrected chi connectivity index (χ2v) is 9.32. The molecule has 0 radical (unpaired) electrons. The molecule has 0 aliphatic carbocycles. The minimum Gasteiger partial charge on any atom is -0.313 e. The van der Waals surface area contributed by atoms with Gasteiger partial charge in [0.2, 0.25) is 11.8 Å². The van der Waals surface area contributed by atoms with Crippen LogP contribution in [0.4, 0.5) is 11.4 Å². The standard InChI is InChI=1S/C26H33N3O2/c1-5-29-22-14-13-20(17-23(22)27(4)24(30)26(2,3)25(29)31)18-28-15-9-12-21(28)16-19-10-7-6-8-11-19/h6-8,10-11,13-14,17,21H,5,9,12,15-16,18H2,1-4H3. The van der Waals surface area contributed by atoms with Crippen molar-refractivity contribution in [2.24, 2.45) is 5.41 Å². The van der Waals surface area contributed by atoms with Crippen LogP contribution in [0.25, 0.3) is 0 Å². The Morgan fingerprint density at radius 1 is 0.968 bits per heavy atom. The zero-order valence-corrected chi connectivity index (χ0v) is 19.1. The largest absolute Gasteiger partial charge is 0.313 e. The molecule has 5 nitrogen and oxygen atoms in total. The predicted molar refractivity (Wildman–Crippen MR) is 125 cm³/mol. The summed E-state index contributed by atoms with van der Waals surface area (Å²) in [6.07, 6.45) is 3.49. The van der Waals surface area contributed by atoms with E-state index in [-0.39, 0.29) is 11.8 Å². The van der Waals surface area contributed by atoms with Crippen molar-refractivity contribution in [3.63, 3.8) is 0 Å². The molecule has 2 aliphatic rings. The predicted octanol–water partition coefficient (Wildman–Crippen LogP) is 4.25. The molecule has 1 fully saturated rings. The number of hydrogen-bond donors (Lipinski definition) is 0. The topological polar surface area (TPSA) is 43.9 Å². The van der Waals surface area contributed by atoms with Crippen molar-refractivity contribution in [3.05, 3.63) is 59.7 Å². The maximum atomic E-state index is 13.1. The molecular formula is C26H33N3O2. The molecule has 0 N–H and O–H groups in total. The summed E-state index contributed by atoms with van der Waals surface area (Å²) in [4.78, 5) is 32.1. The Labute approximate surface area is 185 Å². The molecule has 2 amide bonds. The van der Waals surface area contributed by atoms with Gasteiger partial charge in [-0.05, 0) is 69.8 Å². The summed E-state index contributed by atoms with van der Waals surface area (Å²) in [5.41, 5.74) is 3.13. The first-order valence-electron chi connectivity index (χ1n) is 11.3. The van der Waals surface area contributed by atoms with E-state index in [4.69, 9.17) is 0 Å². The summed E-state index contributed by atoms with van der Waals surface area (Å²) in [5, 5.41) is 0. The Morgan fingerprint density at radius 2 is 1.71 bits per heavy atom. The molecule has 2 aliphatic heterocycles. The van der Waals surface area contributed by atoms with Crippen LogP contribution in [0, 0.1) is 5.41 Å². The fraction of sp³-hybridized carbons (Fsp3) is 0.462. The number of hydrogen-bond acceptors (Lipinski definition) is 3. The van der Waals surface area contributed by atoms with Crippen LogP contribution in [0.1, 0.15) is 44.7 Å². The highest BCUT2D eigenvalue weighted by molar-refractivity contribution is 6.19. The minimum absolute atomic E-state index is 0.138. The van der Waals surface area contributed by atoms with E-state index in [9.17, 15) is 9.59 Å². The van der Waals surface area contributed by atoms with E-state index < -0.39 is 5.41 Å². The zero-order valence-electron chi connectivity index (χ0n) is 19.1. The molecule has 2 aromatic rings. The molecule has 1 saturated heterocycles. The van der Waals surface area contributed by atoms with Crippen molar-refractivity contribution in [3.8, 4) is 0 Å². The second kappa shape index (κ2) is 8.46. The lowest BCUT2D eigenvalue weighted by Gasteiger charge is -2.27. The van der Waals surface area contributed by atoms with Crippen LogP contribution >= 0.6 is 0 Å². The Hall–Kier alpha value is -2.66. The molecule has 0 spiro atoms. The molecule has 1 atom stereocenters. The van der Waals surface area contributed by atoms with E-state index in [1.807, 2.05) is 13.0 Å². The van der Waals surface area contributed by atoms with E-state index in [2.05, 4.69) is 47.4 Å². The number of carbonyl (C=O) groups excluding carboxylic acids is 2. The van der Waals surface area contributed by atoms with Crippen LogP contribution in [0.5, 0.6) is 0 Å². The quantitative estimate of drug-likeness (QED) is 0.681. The Kier molecular flexibility index (Phi) is 5.89. The number of anilines is 2. The maximum absolute atomic E-state index is 13.1. The van der Waals surface area contributed by atoms with Crippen molar-refractivity contribution in [1.82, 2.24) is 4.90 Å². The normalized spacial score (nSPS) is 21.4. The van der Waals surface area contributed by atoms with Gasteiger partial charge in [0, 0.05) is 26.2 Å². The highest BCUT2D eigenvalue weighted by atomic mass is 16.2. The van der Waals surface area contributed by atoms with Gasteiger partial charge in [-0.3, -0.25) is 14.5 Å². The first-order valence-corrected chi connectivity index (χ1v) is 11.3.